The summed E-state index contributed by atoms with van der Waals surface area (Å²) in [6.45, 7) is 4.39. The molecule has 1 atom stereocenters. The number of fused-ring (bicyclic) bond motifs is 1. The molecule has 0 saturated heterocycles. The van der Waals surface area contributed by atoms with Crippen LogP contribution in [0.4, 0.5) is 0 Å². The summed E-state index contributed by atoms with van der Waals surface area (Å²) in [5, 5.41) is 3.10. The Balaban J connectivity index is 2.17. The summed E-state index contributed by atoms with van der Waals surface area (Å²) < 4.78 is 23.2. The van der Waals surface area contributed by atoms with Crippen LogP contribution in [0.1, 0.15) is 43.9 Å². The molecular weight excluding hydrogens is 261 g/mol. The summed E-state index contributed by atoms with van der Waals surface area (Å²) >= 11 is 0. The van der Waals surface area contributed by atoms with Crippen LogP contribution in [-0.4, -0.2) is 13.2 Å². The molecule has 0 heterocycles. The Morgan fingerprint density at radius 2 is 1.95 bits per heavy atom. The molecule has 0 aliphatic heterocycles. The third-order valence-electron chi connectivity index (χ3n) is 3.28. The van der Waals surface area contributed by atoms with Gasteiger partial charge in [0.05, 0.1) is 13.2 Å². The lowest BCUT2D eigenvalue weighted by Gasteiger charge is -2.29. The Labute approximate surface area is 115 Å². The molecule has 19 heavy (non-hydrogen) atoms. The summed E-state index contributed by atoms with van der Waals surface area (Å²) in [5.74, 6) is 0. The minimum absolute atomic E-state index is 0.0499. The van der Waals surface area contributed by atoms with Gasteiger partial charge in [-0.15, -0.1) is 0 Å². The van der Waals surface area contributed by atoms with Crippen molar-refractivity contribution < 1.29 is 13.6 Å². The van der Waals surface area contributed by atoms with Crippen molar-refractivity contribution >= 4 is 7.75 Å². The van der Waals surface area contributed by atoms with E-state index in [-0.39, 0.29) is 6.04 Å². The molecule has 1 aromatic rings. The lowest BCUT2D eigenvalue weighted by molar-refractivity contribution is 0.205. The highest BCUT2D eigenvalue weighted by molar-refractivity contribution is 7.51. The van der Waals surface area contributed by atoms with E-state index >= 15 is 0 Å². The first kappa shape index (κ1) is 14.7. The molecule has 5 heteroatoms. The largest absolute Gasteiger partial charge is 0.406 e. The smallest absolute Gasteiger partial charge is 0.297 e. The zero-order chi connectivity index (χ0) is 13.7. The molecular formula is C14H22NO3P. The average molecular weight is 283 g/mol. The van der Waals surface area contributed by atoms with E-state index in [1.54, 1.807) is 0 Å². The van der Waals surface area contributed by atoms with Gasteiger partial charge in [-0.25, -0.2) is 9.65 Å². The number of nitrogens with one attached hydrogen (secondary N) is 1. The van der Waals surface area contributed by atoms with E-state index in [2.05, 4.69) is 17.2 Å². The van der Waals surface area contributed by atoms with Crippen LogP contribution in [0.3, 0.4) is 0 Å². The fourth-order valence-electron chi connectivity index (χ4n) is 2.53. The summed E-state index contributed by atoms with van der Waals surface area (Å²) in [7, 11) is -3.19. The minimum atomic E-state index is -3.19. The molecule has 0 saturated carbocycles. The van der Waals surface area contributed by atoms with E-state index in [1.165, 1.54) is 11.1 Å². The first-order valence-corrected chi connectivity index (χ1v) is 8.47. The van der Waals surface area contributed by atoms with E-state index in [0.717, 1.165) is 19.3 Å². The Hall–Kier alpha value is -0.670. The van der Waals surface area contributed by atoms with Gasteiger partial charge in [0, 0.05) is 6.04 Å². The van der Waals surface area contributed by atoms with Gasteiger partial charge in [-0.05, 0) is 44.2 Å². The molecule has 0 amide bonds. The third-order valence-corrected chi connectivity index (χ3v) is 5.11. The van der Waals surface area contributed by atoms with Crippen molar-refractivity contribution in [2.75, 3.05) is 13.2 Å². The second-order valence-electron chi connectivity index (χ2n) is 4.61. The lowest BCUT2D eigenvalue weighted by Crippen LogP contribution is -2.24. The molecule has 106 valence electrons. The van der Waals surface area contributed by atoms with Crippen molar-refractivity contribution in [2.24, 2.45) is 0 Å². The number of hydrogen-bond acceptors (Lipinski definition) is 3. The van der Waals surface area contributed by atoms with Crippen molar-refractivity contribution in [3.63, 3.8) is 0 Å². The number of rotatable bonds is 6. The first-order valence-electron chi connectivity index (χ1n) is 6.93. The van der Waals surface area contributed by atoms with Gasteiger partial charge < -0.3 is 0 Å². The number of aryl methyl sites for hydroxylation is 1. The van der Waals surface area contributed by atoms with E-state index in [9.17, 15) is 4.57 Å². The molecule has 2 rings (SSSR count). The van der Waals surface area contributed by atoms with Gasteiger partial charge in [-0.2, -0.15) is 0 Å². The third kappa shape index (κ3) is 3.67. The van der Waals surface area contributed by atoms with Crippen LogP contribution in [0.15, 0.2) is 24.3 Å². The topological polar surface area (TPSA) is 47.6 Å². The molecule has 4 nitrogen and oxygen atoms in total. The van der Waals surface area contributed by atoms with Gasteiger partial charge in [0.2, 0.25) is 0 Å². The van der Waals surface area contributed by atoms with Crippen molar-refractivity contribution in [1.29, 1.82) is 0 Å². The predicted molar refractivity (Wildman–Crippen MR) is 76.1 cm³/mol. The lowest BCUT2D eigenvalue weighted by atomic mass is 9.88. The molecule has 0 unspecified atom stereocenters. The highest BCUT2D eigenvalue weighted by atomic mass is 31.2. The monoisotopic (exact) mass is 283 g/mol. The van der Waals surface area contributed by atoms with Gasteiger partial charge >= 0.3 is 7.75 Å². The quantitative estimate of drug-likeness (QED) is 0.806. The summed E-state index contributed by atoms with van der Waals surface area (Å²) in [6, 6.07) is 8.34. The van der Waals surface area contributed by atoms with E-state index in [4.69, 9.17) is 9.05 Å². The van der Waals surface area contributed by atoms with Gasteiger partial charge in [0.1, 0.15) is 0 Å². The zero-order valence-electron chi connectivity index (χ0n) is 11.6. The maximum absolute atomic E-state index is 12.5. The van der Waals surface area contributed by atoms with Crippen LogP contribution in [0.5, 0.6) is 0 Å². The predicted octanol–water partition coefficient (Wildman–Crippen LogP) is 3.83. The number of hydrogen-bond donors (Lipinski definition) is 1. The van der Waals surface area contributed by atoms with Crippen LogP contribution in [-0.2, 0) is 20.0 Å². The standard InChI is InChI=1S/C14H22NO3P/c1-3-17-19(16,18-4-2)15-14-11-7-9-12-8-5-6-10-13(12)14/h5-6,8,10,14H,3-4,7,9,11H2,1-2H3,(H,15,16)/t14-/m1/s1. The minimum Gasteiger partial charge on any atom is -0.297 e. The molecule has 1 N–H and O–H groups in total. The molecule has 1 aliphatic carbocycles. The van der Waals surface area contributed by atoms with Crippen molar-refractivity contribution in [1.82, 2.24) is 5.09 Å². The van der Waals surface area contributed by atoms with E-state index < -0.39 is 7.75 Å². The summed E-state index contributed by atoms with van der Waals surface area (Å²) in [4.78, 5) is 0. The Morgan fingerprint density at radius 1 is 1.26 bits per heavy atom. The fraction of sp³-hybridized carbons (Fsp3) is 0.571. The molecule has 0 fully saturated rings. The highest BCUT2D eigenvalue weighted by Gasteiger charge is 2.30. The molecule has 1 aliphatic rings. The SMILES string of the molecule is CCOP(=O)(N[C@@H]1CCCc2ccccc21)OCC. The zero-order valence-corrected chi connectivity index (χ0v) is 12.5. The normalized spacial score (nSPS) is 19.2. The fourth-order valence-corrected chi connectivity index (χ4v) is 4.08. The van der Waals surface area contributed by atoms with Crippen LogP contribution in [0, 0.1) is 0 Å². The maximum atomic E-state index is 12.5. The van der Waals surface area contributed by atoms with Crippen LogP contribution in [0.2, 0.25) is 0 Å². The maximum Gasteiger partial charge on any atom is 0.406 e. The first-order chi connectivity index (χ1) is 9.18. The van der Waals surface area contributed by atoms with Gasteiger partial charge in [-0.3, -0.25) is 9.05 Å². The second kappa shape index (κ2) is 6.67. The molecule has 0 radical (unpaired) electrons. The van der Waals surface area contributed by atoms with E-state index in [0.29, 0.717) is 13.2 Å². The van der Waals surface area contributed by atoms with Crippen molar-refractivity contribution in [3.05, 3.63) is 35.4 Å². The second-order valence-corrected chi connectivity index (χ2v) is 6.38. The van der Waals surface area contributed by atoms with Crippen molar-refractivity contribution in [3.8, 4) is 0 Å². The van der Waals surface area contributed by atoms with Gasteiger partial charge in [-0.1, -0.05) is 24.3 Å². The molecule has 0 aromatic heterocycles. The number of benzene rings is 1. The van der Waals surface area contributed by atoms with Crippen LogP contribution >= 0.6 is 7.75 Å². The average Bonchev–Trinajstić information content (AvgIpc) is 2.39. The Bertz CT molecular complexity index is 454. The highest BCUT2D eigenvalue weighted by Crippen LogP contribution is 2.47. The Morgan fingerprint density at radius 3 is 2.63 bits per heavy atom. The summed E-state index contributed by atoms with van der Waals surface area (Å²) in [6.07, 6.45) is 3.13. The summed E-state index contributed by atoms with van der Waals surface area (Å²) in [5.41, 5.74) is 2.54. The molecule has 0 spiro atoms. The Kier molecular flexibility index (Phi) is 5.17. The van der Waals surface area contributed by atoms with Crippen LogP contribution in [0.25, 0.3) is 0 Å². The van der Waals surface area contributed by atoms with Crippen LogP contribution < -0.4 is 5.09 Å². The van der Waals surface area contributed by atoms with E-state index in [1.807, 2.05) is 26.0 Å². The molecule has 0 bridgehead atoms. The van der Waals surface area contributed by atoms with Gasteiger partial charge in [0.15, 0.2) is 0 Å². The molecule has 1 aromatic carbocycles. The van der Waals surface area contributed by atoms with Crippen molar-refractivity contribution in [2.45, 2.75) is 39.2 Å². The van der Waals surface area contributed by atoms with Gasteiger partial charge in [0.25, 0.3) is 0 Å².